The molecule has 0 bridgehead atoms. The average Bonchev–Trinajstić information content (AvgIpc) is 2.48. The van der Waals surface area contributed by atoms with Gasteiger partial charge in [0.05, 0.1) is 20.1 Å². The van der Waals surface area contributed by atoms with Crippen LogP contribution in [0.15, 0.2) is 24.3 Å². The van der Waals surface area contributed by atoms with E-state index in [4.69, 9.17) is 9.47 Å². The molecule has 1 fully saturated rings. The van der Waals surface area contributed by atoms with Gasteiger partial charge in [0.15, 0.2) is 0 Å². The second-order valence-electron chi connectivity index (χ2n) is 4.83. The first-order chi connectivity index (χ1) is 9.26. The number of carbonyl (C=O) groups is 1. The van der Waals surface area contributed by atoms with Gasteiger partial charge < -0.3 is 14.8 Å². The van der Waals surface area contributed by atoms with Crippen LogP contribution in [0.3, 0.4) is 0 Å². The standard InChI is InChI=1S/C15H21NO3/c1-18-12-7-5-6-11(10-12)14(15(17)19-2)13-8-3-4-9-16-13/h5-7,10,13-14,16H,3-4,8-9H2,1-2H3/t13-,14-/m0/s1. The molecule has 2 rings (SSSR count). The Hall–Kier alpha value is -1.55. The zero-order chi connectivity index (χ0) is 13.7. The van der Waals surface area contributed by atoms with Gasteiger partial charge in [-0.15, -0.1) is 0 Å². The Morgan fingerprint density at radius 2 is 2.21 bits per heavy atom. The van der Waals surface area contributed by atoms with Crippen molar-refractivity contribution in [2.45, 2.75) is 31.2 Å². The number of carbonyl (C=O) groups excluding carboxylic acids is 1. The van der Waals surface area contributed by atoms with E-state index in [1.165, 1.54) is 13.5 Å². The van der Waals surface area contributed by atoms with Gasteiger partial charge in [-0.25, -0.2) is 0 Å². The molecule has 0 aromatic heterocycles. The number of methoxy groups -OCH3 is 2. The van der Waals surface area contributed by atoms with Crippen LogP contribution in [0.25, 0.3) is 0 Å². The molecule has 0 radical (unpaired) electrons. The summed E-state index contributed by atoms with van der Waals surface area (Å²) >= 11 is 0. The molecule has 1 aromatic rings. The summed E-state index contributed by atoms with van der Waals surface area (Å²) in [5.74, 6) is 0.315. The molecule has 1 aliphatic rings. The fourth-order valence-electron chi connectivity index (χ4n) is 2.66. The van der Waals surface area contributed by atoms with Crippen LogP contribution in [0, 0.1) is 0 Å². The third-order valence-corrected chi connectivity index (χ3v) is 3.66. The lowest BCUT2D eigenvalue weighted by Crippen LogP contribution is -2.42. The molecule has 0 spiro atoms. The Balaban J connectivity index is 2.27. The summed E-state index contributed by atoms with van der Waals surface area (Å²) in [5, 5.41) is 3.43. The van der Waals surface area contributed by atoms with E-state index in [-0.39, 0.29) is 17.9 Å². The van der Waals surface area contributed by atoms with Crippen LogP contribution in [0.4, 0.5) is 0 Å². The third-order valence-electron chi connectivity index (χ3n) is 3.66. The quantitative estimate of drug-likeness (QED) is 0.845. The molecule has 1 aliphatic heterocycles. The molecular weight excluding hydrogens is 242 g/mol. The highest BCUT2D eigenvalue weighted by Crippen LogP contribution is 2.28. The van der Waals surface area contributed by atoms with Crippen molar-refractivity contribution < 1.29 is 14.3 Å². The monoisotopic (exact) mass is 263 g/mol. The minimum absolute atomic E-state index is 0.147. The van der Waals surface area contributed by atoms with E-state index in [0.29, 0.717) is 0 Å². The van der Waals surface area contributed by atoms with Gasteiger partial charge in [0.25, 0.3) is 0 Å². The molecule has 2 atom stereocenters. The lowest BCUT2D eigenvalue weighted by atomic mass is 9.86. The summed E-state index contributed by atoms with van der Waals surface area (Å²) in [6, 6.07) is 7.81. The third kappa shape index (κ3) is 3.26. The maximum absolute atomic E-state index is 12.1. The number of hydrogen-bond donors (Lipinski definition) is 1. The number of hydrogen-bond acceptors (Lipinski definition) is 4. The van der Waals surface area contributed by atoms with Gasteiger partial charge >= 0.3 is 5.97 Å². The fourth-order valence-corrected chi connectivity index (χ4v) is 2.66. The normalized spacial score (nSPS) is 20.6. The van der Waals surface area contributed by atoms with Crippen molar-refractivity contribution >= 4 is 5.97 Å². The lowest BCUT2D eigenvalue weighted by molar-refractivity contribution is -0.143. The van der Waals surface area contributed by atoms with E-state index in [1.54, 1.807) is 7.11 Å². The first-order valence-corrected chi connectivity index (χ1v) is 6.71. The average molecular weight is 263 g/mol. The van der Waals surface area contributed by atoms with Gasteiger partial charge in [-0.2, -0.15) is 0 Å². The highest BCUT2D eigenvalue weighted by Gasteiger charge is 2.31. The number of benzene rings is 1. The molecule has 104 valence electrons. The van der Waals surface area contributed by atoms with Crippen LogP contribution >= 0.6 is 0 Å². The topological polar surface area (TPSA) is 47.6 Å². The first kappa shape index (κ1) is 13.9. The molecule has 1 heterocycles. The number of esters is 1. The Bertz CT molecular complexity index is 427. The summed E-state index contributed by atoms with van der Waals surface area (Å²) in [6.45, 7) is 0.960. The molecule has 1 aromatic carbocycles. The molecular formula is C15H21NO3. The van der Waals surface area contributed by atoms with Gasteiger partial charge in [-0.1, -0.05) is 18.6 Å². The number of rotatable bonds is 4. The predicted octanol–water partition coefficient (Wildman–Crippen LogP) is 2.09. The highest BCUT2D eigenvalue weighted by molar-refractivity contribution is 5.79. The van der Waals surface area contributed by atoms with Gasteiger partial charge in [-0.3, -0.25) is 4.79 Å². The lowest BCUT2D eigenvalue weighted by Gasteiger charge is -2.30. The SMILES string of the molecule is COC(=O)[C@@H](c1cccc(OC)c1)[C@@H]1CCCCN1. The van der Waals surface area contributed by atoms with E-state index < -0.39 is 0 Å². The Kier molecular flexibility index (Phi) is 4.80. The summed E-state index contributed by atoms with van der Waals surface area (Å²) in [5.41, 5.74) is 0.950. The Morgan fingerprint density at radius 1 is 1.37 bits per heavy atom. The van der Waals surface area contributed by atoms with E-state index in [0.717, 1.165) is 30.7 Å². The Labute approximate surface area is 114 Å². The molecule has 4 nitrogen and oxygen atoms in total. The maximum atomic E-state index is 12.1. The predicted molar refractivity (Wildman–Crippen MR) is 73.4 cm³/mol. The van der Waals surface area contributed by atoms with Crippen LogP contribution in [-0.4, -0.2) is 32.8 Å². The number of nitrogens with one attached hydrogen (secondary N) is 1. The first-order valence-electron chi connectivity index (χ1n) is 6.71. The maximum Gasteiger partial charge on any atom is 0.314 e. The van der Waals surface area contributed by atoms with Gasteiger partial charge in [0.2, 0.25) is 0 Å². The molecule has 1 saturated heterocycles. The summed E-state index contributed by atoms with van der Waals surface area (Å²) in [6.07, 6.45) is 3.31. The van der Waals surface area contributed by atoms with Crippen LogP contribution in [0.1, 0.15) is 30.7 Å². The molecule has 0 amide bonds. The molecule has 0 aliphatic carbocycles. The fraction of sp³-hybridized carbons (Fsp3) is 0.533. The largest absolute Gasteiger partial charge is 0.497 e. The number of ether oxygens (including phenoxy) is 2. The van der Waals surface area contributed by atoms with E-state index >= 15 is 0 Å². The van der Waals surface area contributed by atoms with Crippen LogP contribution in [0.5, 0.6) is 5.75 Å². The van der Waals surface area contributed by atoms with Crippen LogP contribution in [0.2, 0.25) is 0 Å². The van der Waals surface area contributed by atoms with E-state index in [2.05, 4.69) is 5.32 Å². The highest BCUT2D eigenvalue weighted by atomic mass is 16.5. The van der Waals surface area contributed by atoms with Crippen molar-refractivity contribution in [3.05, 3.63) is 29.8 Å². The molecule has 4 heteroatoms. The minimum Gasteiger partial charge on any atom is -0.497 e. The second kappa shape index (κ2) is 6.57. The van der Waals surface area contributed by atoms with Gasteiger partial charge in [0, 0.05) is 6.04 Å². The van der Waals surface area contributed by atoms with Crippen LogP contribution < -0.4 is 10.1 Å². The van der Waals surface area contributed by atoms with Crippen molar-refractivity contribution in [2.24, 2.45) is 0 Å². The summed E-state index contributed by atoms with van der Waals surface area (Å²) in [4.78, 5) is 12.1. The zero-order valence-corrected chi connectivity index (χ0v) is 11.5. The Morgan fingerprint density at radius 3 is 2.84 bits per heavy atom. The van der Waals surface area contributed by atoms with Crippen molar-refractivity contribution in [1.82, 2.24) is 5.32 Å². The molecule has 1 N–H and O–H groups in total. The van der Waals surface area contributed by atoms with Crippen molar-refractivity contribution in [1.29, 1.82) is 0 Å². The summed E-state index contributed by atoms with van der Waals surface area (Å²) in [7, 11) is 3.07. The number of piperidine rings is 1. The van der Waals surface area contributed by atoms with E-state index in [9.17, 15) is 4.79 Å². The van der Waals surface area contributed by atoms with E-state index in [1.807, 2.05) is 24.3 Å². The van der Waals surface area contributed by atoms with Crippen molar-refractivity contribution in [3.63, 3.8) is 0 Å². The molecule has 0 unspecified atom stereocenters. The van der Waals surface area contributed by atoms with Crippen molar-refractivity contribution in [3.8, 4) is 5.75 Å². The molecule has 0 saturated carbocycles. The molecule has 19 heavy (non-hydrogen) atoms. The smallest absolute Gasteiger partial charge is 0.314 e. The zero-order valence-electron chi connectivity index (χ0n) is 11.5. The van der Waals surface area contributed by atoms with Crippen molar-refractivity contribution in [2.75, 3.05) is 20.8 Å². The van der Waals surface area contributed by atoms with Gasteiger partial charge in [-0.05, 0) is 37.1 Å². The van der Waals surface area contributed by atoms with Gasteiger partial charge in [0.1, 0.15) is 5.75 Å². The second-order valence-corrected chi connectivity index (χ2v) is 4.83. The minimum atomic E-state index is -0.264. The summed E-state index contributed by atoms with van der Waals surface area (Å²) < 4.78 is 10.2. The van der Waals surface area contributed by atoms with Crippen LogP contribution in [-0.2, 0) is 9.53 Å².